The summed E-state index contributed by atoms with van der Waals surface area (Å²) in [6.45, 7) is 18.8. The number of nitrogens with zero attached hydrogens (tertiary/aromatic N) is 7. The van der Waals surface area contributed by atoms with Gasteiger partial charge in [0.15, 0.2) is 5.82 Å². The van der Waals surface area contributed by atoms with E-state index in [1.807, 2.05) is 62.7 Å². The molecular weight excluding hydrogens is 727 g/mol. The van der Waals surface area contributed by atoms with Gasteiger partial charge in [-0.2, -0.15) is 5.10 Å². The summed E-state index contributed by atoms with van der Waals surface area (Å²) in [5.74, 6) is 2.48. The van der Waals surface area contributed by atoms with Crippen LogP contribution in [0.5, 0.6) is 0 Å². The number of fused-ring (bicyclic) bond motifs is 1. The van der Waals surface area contributed by atoms with Crippen LogP contribution in [0.4, 0.5) is 25.2 Å². The third kappa shape index (κ3) is 9.44. The van der Waals surface area contributed by atoms with Gasteiger partial charge in [-0.25, -0.2) is 18.6 Å². The van der Waals surface area contributed by atoms with Crippen molar-refractivity contribution in [2.24, 2.45) is 17.3 Å². The number of carbonyl (C=O) groups excluding carboxylic acids is 2. The SMILES string of the molecule is Cc1c(C(F)F)cccc1[C@@H](C)Nc1nnc(C)c2cnc(N3CCN(C(=O)C4CCN(CC5CCC6(CC5)CCN(C(=O)OC(C)(C)C)CC6)CC4)CC3)cc12. The number of aryl methyl sites for hydroxylation is 1. The molecule has 3 aromatic rings. The third-order valence-electron chi connectivity index (χ3n) is 13.3. The molecule has 1 saturated carbocycles. The van der Waals surface area contributed by atoms with Crippen molar-refractivity contribution in [2.75, 3.05) is 69.1 Å². The lowest BCUT2D eigenvalue weighted by molar-refractivity contribution is -0.137. The molecule has 0 unspecified atom stereocenters. The van der Waals surface area contributed by atoms with Gasteiger partial charge in [-0.3, -0.25) is 4.79 Å². The molecule has 11 nitrogen and oxygen atoms in total. The second kappa shape index (κ2) is 17.0. The van der Waals surface area contributed by atoms with E-state index in [-0.39, 0.29) is 29.5 Å². The molecule has 1 aromatic carbocycles. The molecule has 57 heavy (non-hydrogen) atoms. The lowest BCUT2D eigenvalue weighted by atomic mass is 9.65. The highest BCUT2D eigenvalue weighted by molar-refractivity contribution is 5.94. The summed E-state index contributed by atoms with van der Waals surface area (Å²) < 4.78 is 32.9. The van der Waals surface area contributed by atoms with E-state index in [0.29, 0.717) is 48.9 Å². The Hall–Kier alpha value is -4.13. The summed E-state index contributed by atoms with van der Waals surface area (Å²) in [4.78, 5) is 39.9. The number of benzene rings is 1. The van der Waals surface area contributed by atoms with E-state index >= 15 is 0 Å². The standard InChI is InChI=1S/C44H62F2N8O3/c1-29-34(8-7-9-35(29)39(45)46)30(2)48-40-36-26-38(47-27-37(36)31(3)49-50-40)52-22-24-53(25-23-52)41(55)33-12-18-51(19-13-33)28-32-10-14-44(15-11-32)16-20-54(21-17-44)42(56)57-43(4,5)6/h7-9,26-27,30,32-33,39H,10-25,28H2,1-6H3,(H,48,50)/t30-/m1/s1. The first-order valence-electron chi connectivity index (χ1n) is 21.2. The van der Waals surface area contributed by atoms with Crippen molar-refractivity contribution in [2.45, 2.75) is 111 Å². The average Bonchev–Trinajstić information content (AvgIpc) is 3.19. The number of aromatic nitrogens is 3. The molecule has 2 aromatic heterocycles. The van der Waals surface area contributed by atoms with Crippen molar-refractivity contribution < 1.29 is 23.1 Å². The van der Waals surface area contributed by atoms with Crippen molar-refractivity contribution in [3.05, 3.63) is 52.8 Å². The highest BCUT2D eigenvalue weighted by atomic mass is 19.3. The fourth-order valence-electron chi connectivity index (χ4n) is 9.71. The van der Waals surface area contributed by atoms with Gasteiger partial charge in [-0.1, -0.05) is 18.2 Å². The Balaban J connectivity index is 0.870. The van der Waals surface area contributed by atoms with E-state index in [1.54, 1.807) is 13.0 Å². The van der Waals surface area contributed by atoms with Crippen molar-refractivity contribution in [1.82, 2.24) is 29.9 Å². The smallest absolute Gasteiger partial charge is 0.410 e. The van der Waals surface area contributed by atoms with Crippen molar-refractivity contribution in [1.29, 1.82) is 0 Å². The Morgan fingerprint density at radius 1 is 0.877 bits per heavy atom. The molecule has 2 amide bonds. The zero-order chi connectivity index (χ0) is 40.5. The van der Waals surface area contributed by atoms with Crippen LogP contribution in [0.15, 0.2) is 30.5 Å². The second-order valence-electron chi connectivity index (χ2n) is 18.2. The first kappa shape index (κ1) is 41.0. The van der Waals surface area contributed by atoms with Crippen LogP contribution < -0.4 is 10.2 Å². The van der Waals surface area contributed by atoms with E-state index in [9.17, 15) is 18.4 Å². The topological polar surface area (TPSA) is 107 Å². The number of halogens is 2. The Morgan fingerprint density at radius 2 is 1.54 bits per heavy atom. The summed E-state index contributed by atoms with van der Waals surface area (Å²) in [5, 5.41) is 14.0. The lowest BCUT2D eigenvalue weighted by Crippen LogP contribution is -2.52. The Morgan fingerprint density at radius 3 is 2.19 bits per heavy atom. The van der Waals surface area contributed by atoms with Crippen LogP contribution >= 0.6 is 0 Å². The molecule has 3 saturated heterocycles. The van der Waals surface area contributed by atoms with Crippen LogP contribution in [0, 0.1) is 31.1 Å². The van der Waals surface area contributed by atoms with Crippen molar-refractivity contribution in [3.63, 3.8) is 0 Å². The van der Waals surface area contributed by atoms with Crippen LogP contribution in [0.25, 0.3) is 10.8 Å². The van der Waals surface area contributed by atoms with Gasteiger partial charge in [0.25, 0.3) is 6.43 Å². The number of hydrogen-bond donors (Lipinski definition) is 1. The number of carbonyl (C=O) groups is 2. The lowest BCUT2D eigenvalue weighted by Gasteiger charge is -2.46. The van der Waals surface area contributed by atoms with E-state index in [1.165, 1.54) is 31.7 Å². The third-order valence-corrected chi connectivity index (χ3v) is 13.3. The minimum atomic E-state index is -2.54. The first-order chi connectivity index (χ1) is 27.2. The van der Waals surface area contributed by atoms with Gasteiger partial charge in [0.2, 0.25) is 5.91 Å². The largest absolute Gasteiger partial charge is 0.444 e. The number of piperazine rings is 1. The summed E-state index contributed by atoms with van der Waals surface area (Å²) in [6, 6.07) is 6.77. The van der Waals surface area contributed by atoms with Gasteiger partial charge in [0, 0.05) is 74.3 Å². The maximum atomic E-state index is 13.7. The predicted molar refractivity (Wildman–Crippen MR) is 220 cm³/mol. The van der Waals surface area contributed by atoms with Crippen molar-refractivity contribution >= 4 is 34.4 Å². The minimum absolute atomic E-state index is 0.0378. The Kier molecular flexibility index (Phi) is 12.2. The first-order valence-corrected chi connectivity index (χ1v) is 21.2. The molecule has 3 aliphatic heterocycles. The van der Waals surface area contributed by atoms with Crippen LogP contribution in [-0.4, -0.2) is 106 Å². The van der Waals surface area contributed by atoms with Crippen LogP contribution in [-0.2, 0) is 9.53 Å². The van der Waals surface area contributed by atoms with Gasteiger partial charge in [0.05, 0.1) is 11.7 Å². The van der Waals surface area contributed by atoms with E-state index in [2.05, 4.69) is 25.3 Å². The second-order valence-corrected chi connectivity index (χ2v) is 18.2. The summed E-state index contributed by atoms with van der Waals surface area (Å²) in [6.07, 6.45) is 8.13. The number of alkyl halides is 2. The van der Waals surface area contributed by atoms with E-state index in [4.69, 9.17) is 9.72 Å². The van der Waals surface area contributed by atoms with Gasteiger partial charge in [-0.15, -0.1) is 5.10 Å². The number of nitrogens with one attached hydrogen (secondary N) is 1. The molecule has 1 aliphatic carbocycles. The van der Waals surface area contributed by atoms with Gasteiger partial charge in [0.1, 0.15) is 11.4 Å². The van der Waals surface area contributed by atoms with Gasteiger partial charge < -0.3 is 29.7 Å². The number of likely N-dealkylation sites (tertiary alicyclic amines) is 2. The fourth-order valence-corrected chi connectivity index (χ4v) is 9.71. The molecule has 4 aliphatic rings. The highest BCUT2D eigenvalue weighted by Gasteiger charge is 2.40. The minimum Gasteiger partial charge on any atom is -0.444 e. The zero-order valence-electron chi connectivity index (χ0n) is 34.8. The van der Waals surface area contributed by atoms with E-state index in [0.717, 1.165) is 86.3 Å². The predicted octanol–water partition coefficient (Wildman–Crippen LogP) is 8.32. The molecular formula is C44H62F2N8O3. The molecule has 1 spiro atoms. The van der Waals surface area contributed by atoms with E-state index < -0.39 is 12.0 Å². The van der Waals surface area contributed by atoms with Crippen molar-refractivity contribution in [3.8, 4) is 0 Å². The van der Waals surface area contributed by atoms with Crippen LogP contribution in [0.3, 0.4) is 0 Å². The molecule has 5 heterocycles. The number of pyridine rings is 1. The van der Waals surface area contributed by atoms with Gasteiger partial charge in [-0.05, 0) is 135 Å². The quantitative estimate of drug-likeness (QED) is 0.241. The summed E-state index contributed by atoms with van der Waals surface area (Å²) in [7, 11) is 0. The summed E-state index contributed by atoms with van der Waals surface area (Å²) in [5.41, 5.74) is 2.08. The highest BCUT2D eigenvalue weighted by Crippen LogP contribution is 2.47. The summed E-state index contributed by atoms with van der Waals surface area (Å²) >= 11 is 0. The number of anilines is 2. The molecule has 13 heteroatoms. The molecule has 4 fully saturated rings. The zero-order valence-corrected chi connectivity index (χ0v) is 34.8. The number of hydrogen-bond acceptors (Lipinski definition) is 9. The molecule has 0 radical (unpaired) electrons. The molecule has 310 valence electrons. The number of piperidine rings is 2. The van der Waals surface area contributed by atoms with Crippen LogP contribution in [0.1, 0.15) is 114 Å². The Labute approximate surface area is 336 Å². The molecule has 7 rings (SSSR count). The average molecular weight is 789 g/mol. The monoisotopic (exact) mass is 788 g/mol. The van der Waals surface area contributed by atoms with Crippen LogP contribution in [0.2, 0.25) is 0 Å². The number of ether oxygens (including phenoxy) is 1. The fraction of sp³-hybridized carbons (Fsp3) is 0.659. The number of amides is 2. The molecule has 1 N–H and O–H groups in total. The number of rotatable bonds is 8. The Bertz CT molecular complexity index is 1890. The molecule has 0 bridgehead atoms. The molecule has 1 atom stereocenters. The maximum absolute atomic E-state index is 13.7. The normalized spacial score (nSPS) is 20.7. The maximum Gasteiger partial charge on any atom is 0.410 e. The van der Waals surface area contributed by atoms with Gasteiger partial charge >= 0.3 is 6.09 Å².